The number of aromatic nitrogens is 3. The predicted molar refractivity (Wildman–Crippen MR) is 80.8 cm³/mol. The van der Waals surface area contributed by atoms with Gasteiger partial charge < -0.3 is 16.0 Å². The third kappa shape index (κ3) is 2.93. The van der Waals surface area contributed by atoms with Crippen LogP contribution in [0.5, 0.6) is 0 Å². The maximum Gasteiger partial charge on any atom is 0.191 e. The molecule has 0 saturated heterocycles. The van der Waals surface area contributed by atoms with Crippen LogP contribution in [-0.2, 0) is 7.05 Å². The van der Waals surface area contributed by atoms with E-state index >= 15 is 0 Å². The lowest BCUT2D eigenvalue weighted by Crippen LogP contribution is -2.06. The average Bonchev–Trinajstić information content (AvgIpc) is 2.63. The summed E-state index contributed by atoms with van der Waals surface area (Å²) in [4.78, 5) is 20.3. The van der Waals surface area contributed by atoms with Gasteiger partial charge in [-0.15, -0.1) is 0 Å². The van der Waals surface area contributed by atoms with Crippen molar-refractivity contribution in [2.45, 2.75) is 19.0 Å². The van der Waals surface area contributed by atoms with Gasteiger partial charge in [-0.2, -0.15) is 0 Å². The summed E-state index contributed by atoms with van der Waals surface area (Å²) in [6, 6.07) is 3.38. The second kappa shape index (κ2) is 5.54. The largest absolute Gasteiger partial charge is 0.383 e. The number of nitrogens with zero attached hydrogens (tertiary/aromatic N) is 3. The minimum Gasteiger partial charge on any atom is -0.383 e. The standard InChI is InChI=1S/C13H17N5OS/c1-7-4-9(8(2)18(7)3)10(19)6-20-13-16-11(14)5-12(15)17-13/h4-5H,6H2,1-3H3,(H4,14,15,16,17). The van der Waals surface area contributed by atoms with E-state index in [0.717, 1.165) is 17.0 Å². The number of nitrogens with two attached hydrogens (primary N) is 2. The number of aryl methyl sites for hydroxylation is 1. The Morgan fingerprint density at radius 2 is 1.85 bits per heavy atom. The van der Waals surface area contributed by atoms with Gasteiger partial charge >= 0.3 is 0 Å². The van der Waals surface area contributed by atoms with Crippen molar-refractivity contribution in [3.63, 3.8) is 0 Å². The zero-order valence-electron chi connectivity index (χ0n) is 11.7. The SMILES string of the molecule is Cc1cc(C(=O)CSc2nc(N)cc(N)n2)c(C)n1C. The van der Waals surface area contributed by atoms with Crippen molar-refractivity contribution in [3.8, 4) is 0 Å². The van der Waals surface area contributed by atoms with Crippen LogP contribution in [0.3, 0.4) is 0 Å². The van der Waals surface area contributed by atoms with Crippen LogP contribution in [0.25, 0.3) is 0 Å². The molecule has 6 nitrogen and oxygen atoms in total. The molecule has 0 amide bonds. The lowest BCUT2D eigenvalue weighted by Gasteiger charge is -2.03. The van der Waals surface area contributed by atoms with Crippen molar-refractivity contribution in [2.24, 2.45) is 7.05 Å². The van der Waals surface area contributed by atoms with Crippen molar-refractivity contribution in [3.05, 3.63) is 29.1 Å². The molecule has 20 heavy (non-hydrogen) atoms. The Balaban J connectivity index is 2.10. The molecule has 0 radical (unpaired) electrons. The van der Waals surface area contributed by atoms with E-state index in [-0.39, 0.29) is 11.5 Å². The van der Waals surface area contributed by atoms with Crippen LogP contribution < -0.4 is 11.5 Å². The van der Waals surface area contributed by atoms with Crippen LogP contribution in [0.1, 0.15) is 21.7 Å². The minimum atomic E-state index is 0.0424. The molecule has 2 aromatic rings. The molecule has 0 bridgehead atoms. The zero-order chi connectivity index (χ0) is 14.9. The normalized spacial score (nSPS) is 10.8. The summed E-state index contributed by atoms with van der Waals surface area (Å²) in [6.45, 7) is 3.90. The molecule has 4 N–H and O–H groups in total. The number of anilines is 2. The first kappa shape index (κ1) is 14.4. The number of hydrogen-bond acceptors (Lipinski definition) is 6. The topological polar surface area (TPSA) is 99.8 Å². The van der Waals surface area contributed by atoms with Crippen LogP contribution in [0, 0.1) is 13.8 Å². The van der Waals surface area contributed by atoms with Crippen LogP contribution >= 0.6 is 11.8 Å². The number of thioether (sulfide) groups is 1. The van der Waals surface area contributed by atoms with Crippen LogP contribution in [-0.4, -0.2) is 26.1 Å². The summed E-state index contributed by atoms with van der Waals surface area (Å²) in [5.74, 6) is 0.909. The van der Waals surface area contributed by atoms with Gasteiger partial charge in [0, 0.05) is 30.1 Å². The monoisotopic (exact) mass is 291 g/mol. The molecule has 2 heterocycles. The first-order valence-electron chi connectivity index (χ1n) is 6.07. The summed E-state index contributed by atoms with van der Waals surface area (Å²) in [7, 11) is 1.94. The highest BCUT2D eigenvalue weighted by Crippen LogP contribution is 2.20. The van der Waals surface area contributed by atoms with Crippen molar-refractivity contribution in [1.82, 2.24) is 14.5 Å². The zero-order valence-corrected chi connectivity index (χ0v) is 12.5. The molecule has 0 saturated carbocycles. The highest BCUT2D eigenvalue weighted by Gasteiger charge is 2.15. The maximum absolute atomic E-state index is 12.2. The number of Topliss-reactive ketones (excluding diaryl/α,β-unsaturated/α-hetero) is 1. The van der Waals surface area contributed by atoms with E-state index in [0.29, 0.717) is 16.8 Å². The summed E-state index contributed by atoms with van der Waals surface area (Å²) in [5.41, 5.74) is 13.9. The summed E-state index contributed by atoms with van der Waals surface area (Å²) >= 11 is 1.23. The van der Waals surface area contributed by atoms with E-state index in [1.54, 1.807) is 0 Å². The van der Waals surface area contributed by atoms with Crippen molar-refractivity contribution >= 4 is 29.2 Å². The van der Waals surface area contributed by atoms with E-state index in [1.807, 2.05) is 31.5 Å². The Bertz CT molecular complexity index is 645. The number of carbonyl (C=O) groups is 1. The number of hydrogen-bond donors (Lipinski definition) is 2. The Labute approximate surface area is 121 Å². The van der Waals surface area contributed by atoms with Gasteiger partial charge in [-0.1, -0.05) is 11.8 Å². The van der Waals surface area contributed by atoms with Gasteiger partial charge in [0.2, 0.25) is 0 Å². The average molecular weight is 291 g/mol. The molecule has 0 unspecified atom stereocenters. The quantitative estimate of drug-likeness (QED) is 0.504. The van der Waals surface area contributed by atoms with Crippen LogP contribution in [0.15, 0.2) is 17.3 Å². The van der Waals surface area contributed by atoms with E-state index < -0.39 is 0 Å². The van der Waals surface area contributed by atoms with E-state index in [4.69, 9.17) is 11.5 Å². The Morgan fingerprint density at radius 1 is 1.25 bits per heavy atom. The van der Waals surface area contributed by atoms with Crippen LogP contribution in [0.4, 0.5) is 11.6 Å². The van der Waals surface area contributed by atoms with Gasteiger partial charge in [0.1, 0.15) is 11.6 Å². The first-order valence-corrected chi connectivity index (χ1v) is 7.06. The van der Waals surface area contributed by atoms with Gasteiger partial charge in [0.15, 0.2) is 10.9 Å². The molecule has 0 aliphatic heterocycles. The Hall–Kier alpha value is -2.02. The molecule has 7 heteroatoms. The Kier molecular flexibility index (Phi) is 3.99. The second-order valence-corrected chi connectivity index (χ2v) is 5.50. The summed E-state index contributed by atoms with van der Waals surface area (Å²) in [6.07, 6.45) is 0. The smallest absolute Gasteiger partial charge is 0.191 e. The maximum atomic E-state index is 12.2. The van der Waals surface area contributed by atoms with E-state index in [2.05, 4.69) is 9.97 Å². The number of carbonyl (C=O) groups excluding carboxylic acids is 1. The van der Waals surface area contributed by atoms with Gasteiger partial charge in [-0.3, -0.25) is 4.79 Å². The fraction of sp³-hybridized carbons (Fsp3) is 0.308. The van der Waals surface area contributed by atoms with Crippen molar-refractivity contribution in [2.75, 3.05) is 17.2 Å². The molecular formula is C13H17N5OS. The van der Waals surface area contributed by atoms with E-state index in [9.17, 15) is 4.79 Å². The lowest BCUT2D eigenvalue weighted by atomic mass is 10.2. The predicted octanol–water partition coefficient (Wildman–Crippen LogP) is 1.57. The fourth-order valence-electron chi connectivity index (χ4n) is 1.87. The van der Waals surface area contributed by atoms with Gasteiger partial charge in [0.05, 0.1) is 5.75 Å². The summed E-state index contributed by atoms with van der Waals surface area (Å²) < 4.78 is 1.99. The third-order valence-corrected chi connectivity index (χ3v) is 4.00. The molecule has 0 aliphatic carbocycles. The first-order chi connectivity index (χ1) is 9.38. The summed E-state index contributed by atoms with van der Waals surface area (Å²) in [5, 5.41) is 0.418. The van der Waals surface area contributed by atoms with Crippen LogP contribution in [0.2, 0.25) is 0 Å². The van der Waals surface area contributed by atoms with Crippen molar-refractivity contribution < 1.29 is 4.79 Å². The van der Waals surface area contributed by atoms with Gasteiger partial charge in [-0.25, -0.2) is 9.97 Å². The highest BCUT2D eigenvalue weighted by molar-refractivity contribution is 7.99. The van der Waals surface area contributed by atoms with Gasteiger partial charge in [0.25, 0.3) is 0 Å². The lowest BCUT2D eigenvalue weighted by molar-refractivity contribution is 0.102. The fourth-order valence-corrected chi connectivity index (χ4v) is 2.63. The number of nitrogen functional groups attached to an aromatic ring is 2. The molecule has 0 atom stereocenters. The minimum absolute atomic E-state index is 0.0424. The molecule has 2 aromatic heterocycles. The number of rotatable bonds is 4. The molecule has 2 rings (SSSR count). The second-order valence-electron chi connectivity index (χ2n) is 4.56. The van der Waals surface area contributed by atoms with E-state index in [1.165, 1.54) is 17.8 Å². The number of ketones is 1. The molecule has 106 valence electrons. The van der Waals surface area contributed by atoms with Crippen molar-refractivity contribution in [1.29, 1.82) is 0 Å². The molecule has 0 spiro atoms. The highest BCUT2D eigenvalue weighted by atomic mass is 32.2. The molecule has 0 fully saturated rings. The molecule has 0 aliphatic rings. The molecule has 0 aromatic carbocycles. The molecular weight excluding hydrogens is 274 g/mol. The Morgan fingerprint density at radius 3 is 2.35 bits per heavy atom. The third-order valence-electron chi connectivity index (χ3n) is 3.15. The van der Waals surface area contributed by atoms with Gasteiger partial charge in [-0.05, 0) is 19.9 Å².